The van der Waals surface area contributed by atoms with Crippen LogP contribution in [0.15, 0.2) is 6.20 Å². The van der Waals surface area contributed by atoms with Gasteiger partial charge in [-0.15, -0.1) is 0 Å². The van der Waals surface area contributed by atoms with Gasteiger partial charge >= 0.3 is 0 Å². The zero-order valence-electron chi connectivity index (χ0n) is 13.2. The Hall–Kier alpha value is -1.89. The van der Waals surface area contributed by atoms with E-state index >= 15 is 0 Å². The minimum atomic E-state index is -0.315. The van der Waals surface area contributed by atoms with Crippen LogP contribution >= 0.6 is 0 Å². The maximum Gasteiger partial charge on any atom is 0.255 e. The molecule has 0 bridgehead atoms. The van der Waals surface area contributed by atoms with Gasteiger partial charge in [0.2, 0.25) is 5.91 Å². The molecule has 0 unspecified atom stereocenters. The molecule has 7 heteroatoms. The van der Waals surface area contributed by atoms with Crippen molar-refractivity contribution in [1.82, 2.24) is 20.4 Å². The van der Waals surface area contributed by atoms with Crippen LogP contribution in [-0.2, 0) is 11.3 Å². The monoisotopic (exact) mass is 295 g/mol. The standard InChI is InChI=1S/C14H25N5O2/c1-10-11(8-17-19(10)7-5-6-15)13(21)16-9-12(20)18-14(2,3)4/h8H,5-7,9,15H2,1-4H3,(H,16,21)(H,18,20). The number of aryl methyl sites for hydroxylation is 1. The summed E-state index contributed by atoms with van der Waals surface area (Å²) in [5.41, 5.74) is 6.40. The van der Waals surface area contributed by atoms with Crippen molar-refractivity contribution in [3.8, 4) is 0 Å². The van der Waals surface area contributed by atoms with Crippen molar-refractivity contribution >= 4 is 11.8 Å². The van der Waals surface area contributed by atoms with Gasteiger partial charge in [-0.05, 0) is 40.7 Å². The van der Waals surface area contributed by atoms with Gasteiger partial charge in [0.1, 0.15) is 0 Å². The second kappa shape index (κ2) is 7.21. The maximum absolute atomic E-state index is 12.1. The maximum atomic E-state index is 12.1. The third-order valence-corrected chi connectivity index (χ3v) is 2.85. The summed E-state index contributed by atoms with van der Waals surface area (Å²) in [6.45, 7) is 8.69. The molecule has 1 heterocycles. The topological polar surface area (TPSA) is 102 Å². The van der Waals surface area contributed by atoms with Crippen molar-refractivity contribution in [2.24, 2.45) is 5.73 Å². The first kappa shape index (κ1) is 17.2. The number of hydrogen-bond acceptors (Lipinski definition) is 4. The number of amides is 2. The molecule has 118 valence electrons. The molecule has 0 aliphatic carbocycles. The molecular formula is C14H25N5O2. The van der Waals surface area contributed by atoms with E-state index in [0.717, 1.165) is 12.1 Å². The van der Waals surface area contributed by atoms with E-state index in [9.17, 15) is 9.59 Å². The van der Waals surface area contributed by atoms with E-state index in [1.54, 1.807) is 4.68 Å². The molecule has 2 amide bonds. The van der Waals surface area contributed by atoms with E-state index in [1.165, 1.54) is 6.20 Å². The molecule has 0 saturated carbocycles. The predicted molar refractivity (Wildman–Crippen MR) is 80.9 cm³/mol. The number of hydrogen-bond donors (Lipinski definition) is 3. The highest BCUT2D eigenvalue weighted by molar-refractivity contribution is 5.97. The Morgan fingerprint density at radius 1 is 1.38 bits per heavy atom. The summed E-state index contributed by atoms with van der Waals surface area (Å²) >= 11 is 0. The number of nitrogens with two attached hydrogens (primary N) is 1. The Bertz CT molecular complexity index is 502. The van der Waals surface area contributed by atoms with Crippen LogP contribution in [0.4, 0.5) is 0 Å². The molecule has 1 aromatic rings. The van der Waals surface area contributed by atoms with Gasteiger partial charge in [-0.1, -0.05) is 0 Å². The first-order valence-electron chi connectivity index (χ1n) is 7.06. The van der Waals surface area contributed by atoms with Crippen LogP contribution in [0.1, 0.15) is 43.2 Å². The van der Waals surface area contributed by atoms with Crippen LogP contribution < -0.4 is 16.4 Å². The van der Waals surface area contributed by atoms with Gasteiger partial charge in [-0.3, -0.25) is 14.3 Å². The summed E-state index contributed by atoms with van der Waals surface area (Å²) in [6, 6.07) is 0. The van der Waals surface area contributed by atoms with Crippen molar-refractivity contribution < 1.29 is 9.59 Å². The Balaban J connectivity index is 2.56. The number of carbonyl (C=O) groups is 2. The molecule has 0 aliphatic heterocycles. The van der Waals surface area contributed by atoms with Crippen molar-refractivity contribution in [2.45, 2.75) is 46.2 Å². The second-order valence-corrected chi connectivity index (χ2v) is 5.99. The smallest absolute Gasteiger partial charge is 0.255 e. The van der Waals surface area contributed by atoms with E-state index in [-0.39, 0.29) is 23.9 Å². The largest absolute Gasteiger partial charge is 0.350 e. The quantitative estimate of drug-likeness (QED) is 0.697. The average Bonchev–Trinajstić information content (AvgIpc) is 2.73. The van der Waals surface area contributed by atoms with Crippen LogP contribution in [0, 0.1) is 6.92 Å². The minimum Gasteiger partial charge on any atom is -0.350 e. The van der Waals surface area contributed by atoms with Gasteiger partial charge in [-0.25, -0.2) is 0 Å². The molecule has 0 atom stereocenters. The molecule has 4 N–H and O–H groups in total. The van der Waals surface area contributed by atoms with Gasteiger partial charge in [0.05, 0.1) is 18.3 Å². The summed E-state index contributed by atoms with van der Waals surface area (Å²) < 4.78 is 1.75. The zero-order valence-corrected chi connectivity index (χ0v) is 13.2. The summed E-state index contributed by atoms with van der Waals surface area (Å²) in [5.74, 6) is -0.514. The predicted octanol–water partition coefficient (Wildman–Crippen LogP) is 0.185. The highest BCUT2D eigenvalue weighted by Gasteiger charge is 2.17. The van der Waals surface area contributed by atoms with Crippen LogP contribution in [0.25, 0.3) is 0 Å². The van der Waals surface area contributed by atoms with Gasteiger partial charge in [0.25, 0.3) is 5.91 Å². The van der Waals surface area contributed by atoms with Gasteiger partial charge in [-0.2, -0.15) is 5.10 Å². The number of aromatic nitrogens is 2. The zero-order chi connectivity index (χ0) is 16.0. The number of nitrogens with one attached hydrogen (secondary N) is 2. The lowest BCUT2D eigenvalue weighted by molar-refractivity contribution is -0.121. The van der Waals surface area contributed by atoms with E-state index in [1.807, 2.05) is 27.7 Å². The molecule has 0 spiro atoms. The number of carbonyl (C=O) groups excluding carboxylic acids is 2. The molecule has 21 heavy (non-hydrogen) atoms. The van der Waals surface area contributed by atoms with Crippen molar-refractivity contribution in [2.75, 3.05) is 13.1 Å². The van der Waals surface area contributed by atoms with Crippen LogP contribution in [-0.4, -0.2) is 40.2 Å². The second-order valence-electron chi connectivity index (χ2n) is 5.99. The Morgan fingerprint density at radius 2 is 2.05 bits per heavy atom. The van der Waals surface area contributed by atoms with Crippen LogP contribution in [0.5, 0.6) is 0 Å². The molecule has 0 aromatic carbocycles. The number of rotatable bonds is 6. The molecule has 7 nitrogen and oxygen atoms in total. The summed E-state index contributed by atoms with van der Waals surface area (Å²) in [7, 11) is 0. The Kier molecular flexibility index (Phi) is 5.90. The fourth-order valence-electron chi connectivity index (χ4n) is 1.85. The van der Waals surface area contributed by atoms with Crippen LogP contribution in [0.3, 0.4) is 0 Å². The fourth-order valence-corrected chi connectivity index (χ4v) is 1.85. The summed E-state index contributed by atoms with van der Waals surface area (Å²) in [6.07, 6.45) is 2.32. The molecule has 0 radical (unpaired) electrons. The lowest BCUT2D eigenvalue weighted by Crippen LogP contribution is -2.45. The molecule has 1 aromatic heterocycles. The van der Waals surface area contributed by atoms with Gasteiger partial charge < -0.3 is 16.4 Å². The molecule has 0 saturated heterocycles. The third-order valence-electron chi connectivity index (χ3n) is 2.85. The first-order chi connectivity index (χ1) is 9.74. The third kappa shape index (κ3) is 5.55. The summed E-state index contributed by atoms with van der Waals surface area (Å²) in [4.78, 5) is 23.7. The van der Waals surface area contributed by atoms with Crippen molar-refractivity contribution in [3.63, 3.8) is 0 Å². The van der Waals surface area contributed by atoms with Gasteiger partial charge in [0.15, 0.2) is 0 Å². The molecule has 0 aliphatic rings. The lowest BCUT2D eigenvalue weighted by atomic mass is 10.1. The van der Waals surface area contributed by atoms with Crippen molar-refractivity contribution in [3.05, 3.63) is 17.5 Å². The van der Waals surface area contributed by atoms with E-state index in [4.69, 9.17) is 5.73 Å². The highest BCUT2D eigenvalue weighted by atomic mass is 16.2. The molecule has 1 rings (SSSR count). The Labute approximate surface area is 125 Å². The summed E-state index contributed by atoms with van der Waals surface area (Å²) in [5, 5.41) is 9.55. The van der Waals surface area contributed by atoms with E-state index < -0.39 is 0 Å². The first-order valence-corrected chi connectivity index (χ1v) is 7.06. The van der Waals surface area contributed by atoms with Crippen molar-refractivity contribution in [1.29, 1.82) is 0 Å². The van der Waals surface area contributed by atoms with Gasteiger partial charge in [0, 0.05) is 17.8 Å². The molecular weight excluding hydrogens is 270 g/mol. The average molecular weight is 295 g/mol. The number of nitrogens with zero attached hydrogens (tertiary/aromatic N) is 2. The van der Waals surface area contributed by atoms with E-state index in [0.29, 0.717) is 18.7 Å². The SMILES string of the molecule is Cc1c(C(=O)NCC(=O)NC(C)(C)C)cnn1CCCN. The lowest BCUT2D eigenvalue weighted by Gasteiger charge is -2.20. The minimum absolute atomic E-state index is 0.0521. The normalized spacial score (nSPS) is 11.3. The van der Waals surface area contributed by atoms with Crippen LogP contribution in [0.2, 0.25) is 0 Å². The van der Waals surface area contributed by atoms with E-state index in [2.05, 4.69) is 15.7 Å². The fraction of sp³-hybridized carbons (Fsp3) is 0.643. The molecule has 0 fully saturated rings. The highest BCUT2D eigenvalue weighted by Crippen LogP contribution is 2.07. The Morgan fingerprint density at radius 3 is 2.62 bits per heavy atom.